The Hall–Kier alpha value is -1.89. The molecule has 3 rings (SSSR count). The molecule has 0 saturated carbocycles. The number of hydrogen-bond donors (Lipinski definition) is 1. The summed E-state index contributed by atoms with van der Waals surface area (Å²) < 4.78 is 27.1. The molecule has 0 aromatic heterocycles. The Kier molecular flexibility index (Phi) is 6.19. The standard InChI is InChI=1S/C20H23ClN2O3S/c1-15-3-2-12-23(14-15)27(25,26)19-10-8-18(9-11-19)22-20(24)13-16-4-6-17(21)7-5-16/h4-11,15H,2-3,12-14H2,1H3,(H,22,24). The first kappa shape index (κ1) is 19.9. The zero-order valence-corrected chi connectivity index (χ0v) is 16.8. The molecule has 5 nitrogen and oxygen atoms in total. The topological polar surface area (TPSA) is 66.5 Å². The zero-order chi connectivity index (χ0) is 19.4. The molecule has 1 saturated heterocycles. The molecule has 1 heterocycles. The van der Waals surface area contributed by atoms with E-state index in [0.717, 1.165) is 18.4 Å². The Bertz CT molecular complexity index is 896. The minimum atomic E-state index is -3.48. The van der Waals surface area contributed by atoms with E-state index in [1.165, 1.54) is 0 Å². The summed E-state index contributed by atoms with van der Waals surface area (Å²) in [7, 11) is -3.48. The predicted octanol–water partition coefficient (Wildman–Crippen LogP) is 3.94. The Balaban J connectivity index is 1.64. The largest absolute Gasteiger partial charge is 0.326 e. The number of amides is 1. The van der Waals surface area contributed by atoms with Crippen LogP contribution >= 0.6 is 11.6 Å². The van der Waals surface area contributed by atoms with Crippen molar-refractivity contribution in [3.05, 3.63) is 59.1 Å². The highest BCUT2D eigenvalue weighted by atomic mass is 35.5. The summed E-state index contributed by atoms with van der Waals surface area (Å²) >= 11 is 5.84. The Labute approximate surface area is 165 Å². The van der Waals surface area contributed by atoms with Gasteiger partial charge in [0.1, 0.15) is 0 Å². The van der Waals surface area contributed by atoms with E-state index < -0.39 is 10.0 Å². The van der Waals surface area contributed by atoms with Gasteiger partial charge in [-0.15, -0.1) is 0 Å². The third-order valence-electron chi connectivity index (χ3n) is 4.67. The van der Waals surface area contributed by atoms with E-state index in [2.05, 4.69) is 12.2 Å². The summed E-state index contributed by atoms with van der Waals surface area (Å²) in [4.78, 5) is 12.4. The van der Waals surface area contributed by atoms with Crippen molar-refractivity contribution in [2.24, 2.45) is 5.92 Å². The molecule has 2 aromatic rings. The molecule has 2 aromatic carbocycles. The second kappa shape index (κ2) is 8.42. The molecule has 1 unspecified atom stereocenters. The number of carbonyl (C=O) groups is 1. The first-order chi connectivity index (χ1) is 12.8. The van der Waals surface area contributed by atoms with Gasteiger partial charge in [-0.2, -0.15) is 4.31 Å². The van der Waals surface area contributed by atoms with Crippen LogP contribution in [0.1, 0.15) is 25.3 Å². The van der Waals surface area contributed by atoms with E-state index in [9.17, 15) is 13.2 Å². The average molecular weight is 407 g/mol. The van der Waals surface area contributed by atoms with Gasteiger partial charge >= 0.3 is 0 Å². The first-order valence-corrected chi connectivity index (χ1v) is 10.8. The Morgan fingerprint density at radius 1 is 1.15 bits per heavy atom. The summed E-state index contributed by atoms with van der Waals surface area (Å²) in [6.45, 7) is 3.19. The van der Waals surface area contributed by atoms with Crippen molar-refractivity contribution < 1.29 is 13.2 Å². The molecule has 27 heavy (non-hydrogen) atoms. The third kappa shape index (κ3) is 5.09. The lowest BCUT2D eigenvalue weighted by atomic mass is 10.0. The SMILES string of the molecule is CC1CCCN(S(=O)(=O)c2ccc(NC(=O)Cc3ccc(Cl)cc3)cc2)C1. The second-order valence-electron chi connectivity index (χ2n) is 6.99. The number of nitrogens with zero attached hydrogens (tertiary/aromatic N) is 1. The lowest BCUT2D eigenvalue weighted by Crippen LogP contribution is -2.39. The van der Waals surface area contributed by atoms with Crippen molar-refractivity contribution in [2.45, 2.75) is 31.1 Å². The Morgan fingerprint density at radius 2 is 1.81 bits per heavy atom. The molecule has 1 amide bonds. The van der Waals surface area contributed by atoms with Crippen LogP contribution in [-0.2, 0) is 21.2 Å². The van der Waals surface area contributed by atoms with Crippen LogP contribution < -0.4 is 5.32 Å². The Morgan fingerprint density at radius 3 is 2.44 bits per heavy atom. The summed E-state index contributed by atoms with van der Waals surface area (Å²) in [5.41, 5.74) is 1.43. The van der Waals surface area contributed by atoms with Gasteiger partial charge in [0.15, 0.2) is 0 Å². The van der Waals surface area contributed by atoms with Gasteiger partial charge in [0, 0.05) is 23.8 Å². The molecule has 0 spiro atoms. The molecule has 1 aliphatic heterocycles. The van der Waals surface area contributed by atoms with Crippen LogP contribution in [-0.4, -0.2) is 31.7 Å². The van der Waals surface area contributed by atoms with Crippen molar-refractivity contribution in [1.29, 1.82) is 0 Å². The van der Waals surface area contributed by atoms with E-state index >= 15 is 0 Å². The molecule has 7 heteroatoms. The lowest BCUT2D eigenvalue weighted by molar-refractivity contribution is -0.115. The molecule has 0 bridgehead atoms. The van der Waals surface area contributed by atoms with Crippen molar-refractivity contribution >= 4 is 33.2 Å². The van der Waals surface area contributed by atoms with Crippen molar-refractivity contribution in [2.75, 3.05) is 18.4 Å². The maximum atomic E-state index is 12.8. The predicted molar refractivity (Wildman–Crippen MR) is 107 cm³/mol. The number of rotatable bonds is 5. The fourth-order valence-corrected chi connectivity index (χ4v) is 4.94. The van der Waals surface area contributed by atoms with E-state index in [-0.39, 0.29) is 17.2 Å². The molecule has 1 atom stereocenters. The van der Waals surface area contributed by atoms with E-state index in [0.29, 0.717) is 29.7 Å². The number of sulfonamides is 1. The quantitative estimate of drug-likeness (QED) is 0.817. The van der Waals surface area contributed by atoms with Gasteiger partial charge < -0.3 is 5.32 Å². The second-order valence-corrected chi connectivity index (χ2v) is 9.36. The highest BCUT2D eigenvalue weighted by Gasteiger charge is 2.28. The van der Waals surface area contributed by atoms with Crippen LogP contribution in [0.25, 0.3) is 0 Å². The fourth-order valence-electron chi connectivity index (χ4n) is 3.22. The van der Waals surface area contributed by atoms with Crippen LogP contribution in [0.15, 0.2) is 53.4 Å². The lowest BCUT2D eigenvalue weighted by Gasteiger charge is -2.30. The maximum absolute atomic E-state index is 12.8. The van der Waals surface area contributed by atoms with Crippen molar-refractivity contribution in [3.63, 3.8) is 0 Å². The molecular formula is C20H23ClN2O3S. The number of halogens is 1. The number of anilines is 1. The summed E-state index contributed by atoms with van der Waals surface area (Å²) in [6.07, 6.45) is 2.17. The van der Waals surface area contributed by atoms with Gasteiger partial charge in [-0.3, -0.25) is 4.79 Å². The molecular weight excluding hydrogens is 384 g/mol. The minimum Gasteiger partial charge on any atom is -0.326 e. The summed E-state index contributed by atoms with van der Waals surface area (Å²) in [6, 6.07) is 13.4. The zero-order valence-electron chi connectivity index (χ0n) is 15.2. The average Bonchev–Trinajstić information content (AvgIpc) is 2.64. The molecule has 0 aliphatic carbocycles. The number of carbonyl (C=O) groups excluding carboxylic acids is 1. The smallest absolute Gasteiger partial charge is 0.243 e. The molecule has 1 fully saturated rings. The molecule has 1 aliphatic rings. The normalized spacial score (nSPS) is 18.2. The molecule has 0 radical (unpaired) electrons. The summed E-state index contributed by atoms with van der Waals surface area (Å²) in [5, 5.41) is 3.41. The highest BCUT2D eigenvalue weighted by molar-refractivity contribution is 7.89. The maximum Gasteiger partial charge on any atom is 0.243 e. The van der Waals surface area contributed by atoms with E-state index in [1.54, 1.807) is 52.8 Å². The van der Waals surface area contributed by atoms with Crippen LogP contribution in [0.2, 0.25) is 5.02 Å². The third-order valence-corrected chi connectivity index (χ3v) is 6.80. The van der Waals surface area contributed by atoms with Gasteiger partial charge in [0.2, 0.25) is 15.9 Å². The van der Waals surface area contributed by atoms with E-state index in [4.69, 9.17) is 11.6 Å². The first-order valence-electron chi connectivity index (χ1n) is 8.99. The number of hydrogen-bond acceptors (Lipinski definition) is 3. The van der Waals surface area contributed by atoms with Gasteiger partial charge in [-0.05, 0) is 60.7 Å². The van der Waals surface area contributed by atoms with Crippen LogP contribution in [0.4, 0.5) is 5.69 Å². The number of piperidine rings is 1. The summed E-state index contributed by atoms with van der Waals surface area (Å²) in [5.74, 6) is 0.206. The van der Waals surface area contributed by atoms with E-state index in [1.807, 2.05) is 0 Å². The van der Waals surface area contributed by atoms with Gasteiger partial charge in [-0.1, -0.05) is 30.7 Å². The van der Waals surface area contributed by atoms with Crippen LogP contribution in [0.5, 0.6) is 0 Å². The van der Waals surface area contributed by atoms with Crippen LogP contribution in [0, 0.1) is 5.92 Å². The fraction of sp³-hybridized carbons (Fsp3) is 0.350. The van der Waals surface area contributed by atoms with Gasteiger partial charge in [0.25, 0.3) is 0 Å². The molecule has 144 valence electrons. The number of benzene rings is 2. The monoisotopic (exact) mass is 406 g/mol. The van der Waals surface area contributed by atoms with Crippen molar-refractivity contribution in [3.8, 4) is 0 Å². The van der Waals surface area contributed by atoms with Gasteiger partial charge in [0.05, 0.1) is 11.3 Å². The molecule has 1 N–H and O–H groups in total. The highest BCUT2D eigenvalue weighted by Crippen LogP contribution is 2.24. The van der Waals surface area contributed by atoms with Gasteiger partial charge in [-0.25, -0.2) is 8.42 Å². The number of nitrogens with one attached hydrogen (secondary N) is 1. The minimum absolute atomic E-state index is 0.169. The van der Waals surface area contributed by atoms with Crippen molar-refractivity contribution in [1.82, 2.24) is 4.31 Å². The van der Waals surface area contributed by atoms with Crippen LogP contribution in [0.3, 0.4) is 0 Å².